The first-order valence-corrected chi connectivity index (χ1v) is 3.60. The highest BCUT2D eigenvalue weighted by Crippen LogP contribution is 2.23. The summed E-state index contributed by atoms with van der Waals surface area (Å²) in [5.74, 6) is 0. The van der Waals surface area contributed by atoms with Crippen molar-refractivity contribution in [2.45, 2.75) is 25.9 Å². The number of hydrogen-bond donors (Lipinski definition) is 0. The van der Waals surface area contributed by atoms with E-state index in [1.165, 1.54) is 0 Å². The number of likely N-dealkylation sites (N-methyl/N-ethyl adjacent to an activating group) is 1. The lowest BCUT2D eigenvalue weighted by Gasteiger charge is -2.20. The van der Waals surface area contributed by atoms with Crippen LogP contribution in [0.1, 0.15) is 13.8 Å². The zero-order chi connectivity index (χ0) is 7.02. The molecule has 1 heterocycles. The van der Waals surface area contributed by atoms with E-state index in [-0.39, 0.29) is 0 Å². The van der Waals surface area contributed by atoms with Crippen molar-refractivity contribution in [1.29, 1.82) is 0 Å². The maximum Gasteiger partial charge on any atom is 0.0427 e. The fraction of sp³-hybridized carbons (Fsp3) is 0.714. The topological polar surface area (TPSA) is 3.24 Å². The van der Waals surface area contributed by atoms with Crippen LogP contribution in [0.5, 0.6) is 0 Å². The van der Waals surface area contributed by atoms with Crippen LogP contribution < -0.4 is 0 Å². The Morgan fingerprint density at radius 3 is 2.22 bits per heavy atom. The van der Waals surface area contributed by atoms with E-state index in [4.69, 9.17) is 11.6 Å². The van der Waals surface area contributed by atoms with Gasteiger partial charge in [-0.05, 0) is 20.9 Å². The SMILES string of the molecule is CC1C=C(Cl)C(C)N1C. The molecule has 2 heteroatoms. The van der Waals surface area contributed by atoms with Gasteiger partial charge in [-0.1, -0.05) is 17.7 Å². The molecule has 0 N–H and O–H groups in total. The van der Waals surface area contributed by atoms with Gasteiger partial charge in [-0.2, -0.15) is 0 Å². The van der Waals surface area contributed by atoms with Crippen LogP contribution in [0.25, 0.3) is 0 Å². The van der Waals surface area contributed by atoms with Gasteiger partial charge >= 0.3 is 0 Å². The van der Waals surface area contributed by atoms with Crippen molar-refractivity contribution in [3.8, 4) is 0 Å². The van der Waals surface area contributed by atoms with Crippen LogP contribution in [0.4, 0.5) is 0 Å². The van der Waals surface area contributed by atoms with Gasteiger partial charge in [0.1, 0.15) is 0 Å². The first kappa shape index (κ1) is 7.10. The minimum absolute atomic E-state index is 0.418. The van der Waals surface area contributed by atoms with E-state index < -0.39 is 0 Å². The van der Waals surface area contributed by atoms with Gasteiger partial charge in [-0.15, -0.1) is 0 Å². The van der Waals surface area contributed by atoms with Gasteiger partial charge < -0.3 is 0 Å². The minimum atomic E-state index is 0.418. The van der Waals surface area contributed by atoms with E-state index in [0.29, 0.717) is 12.1 Å². The maximum absolute atomic E-state index is 5.87. The van der Waals surface area contributed by atoms with Gasteiger partial charge in [0.15, 0.2) is 0 Å². The Hall–Kier alpha value is -0.0100. The summed E-state index contributed by atoms with van der Waals surface area (Å²) >= 11 is 5.87. The summed E-state index contributed by atoms with van der Waals surface area (Å²) in [4.78, 5) is 2.24. The van der Waals surface area contributed by atoms with E-state index in [1.807, 2.05) is 0 Å². The molecule has 9 heavy (non-hydrogen) atoms. The fourth-order valence-electron chi connectivity index (χ4n) is 1.03. The molecule has 0 aliphatic carbocycles. The largest absolute Gasteiger partial charge is 0.293 e. The molecule has 0 fully saturated rings. The highest BCUT2D eigenvalue weighted by atomic mass is 35.5. The molecule has 2 atom stereocenters. The summed E-state index contributed by atoms with van der Waals surface area (Å²) in [5.41, 5.74) is 0. The Bertz CT molecular complexity index is 142. The zero-order valence-electron chi connectivity index (χ0n) is 6.06. The van der Waals surface area contributed by atoms with Crippen LogP contribution in [-0.2, 0) is 0 Å². The third kappa shape index (κ3) is 1.12. The summed E-state index contributed by atoms with van der Waals surface area (Å²) in [6, 6.07) is 0.925. The van der Waals surface area contributed by atoms with E-state index in [1.54, 1.807) is 0 Å². The van der Waals surface area contributed by atoms with Crippen LogP contribution >= 0.6 is 11.6 Å². The molecule has 0 saturated carbocycles. The van der Waals surface area contributed by atoms with Crippen molar-refractivity contribution < 1.29 is 0 Å². The van der Waals surface area contributed by atoms with E-state index >= 15 is 0 Å². The quantitative estimate of drug-likeness (QED) is 0.503. The summed E-state index contributed by atoms with van der Waals surface area (Å²) in [7, 11) is 2.08. The van der Waals surface area contributed by atoms with Crippen molar-refractivity contribution in [2.75, 3.05) is 7.05 Å². The average molecular weight is 146 g/mol. The van der Waals surface area contributed by atoms with Gasteiger partial charge in [0.2, 0.25) is 0 Å². The van der Waals surface area contributed by atoms with Gasteiger partial charge in [0, 0.05) is 17.1 Å². The Morgan fingerprint density at radius 1 is 1.56 bits per heavy atom. The van der Waals surface area contributed by atoms with Crippen molar-refractivity contribution in [1.82, 2.24) is 4.90 Å². The lowest BCUT2D eigenvalue weighted by atomic mass is 10.3. The first-order chi connectivity index (χ1) is 4.13. The molecular formula is C7H12ClN. The molecule has 0 amide bonds. The predicted octanol–water partition coefficient (Wildman–Crippen LogP) is 1.83. The second-order valence-corrected chi connectivity index (χ2v) is 3.07. The lowest BCUT2D eigenvalue weighted by molar-refractivity contribution is 0.284. The number of nitrogens with zero attached hydrogens (tertiary/aromatic N) is 1. The van der Waals surface area contributed by atoms with Crippen LogP contribution in [0.2, 0.25) is 0 Å². The second-order valence-electron chi connectivity index (χ2n) is 2.63. The van der Waals surface area contributed by atoms with Crippen LogP contribution in [0.3, 0.4) is 0 Å². The summed E-state index contributed by atoms with van der Waals surface area (Å²) < 4.78 is 0. The third-order valence-corrected chi connectivity index (χ3v) is 2.49. The van der Waals surface area contributed by atoms with Gasteiger partial charge in [0.25, 0.3) is 0 Å². The van der Waals surface area contributed by atoms with Crippen molar-refractivity contribution >= 4 is 11.6 Å². The Labute approximate surface area is 61.3 Å². The number of hydrogen-bond acceptors (Lipinski definition) is 1. The Morgan fingerprint density at radius 2 is 2.11 bits per heavy atom. The van der Waals surface area contributed by atoms with E-state index in [9.17, 15) is 0 Å². The molecule has 1 rings (SSSR count). The highest BCUT2D eigenvalue weighted by molar-refractivity contribution is 6.30. The molecule has 0 bridgehead atoms. The molecule has 1 aliphatic heterocycles. The maximum atomic E-state index is 5.87. The summed E-state index contributed by atoms with van der Waals surface area (Å²) in [6.07, 6.45) is 2.09. The van der Waals surface area contributed by atoms with Crippen LogP contribution in [0, 0.1) is 0 Å². The van der Waals surface area contributed by atoms with E-state index in [2.05, 4.69) is 31.9 Å². The molecule has 0 aromatic heterocycles. The standard InChI is InChI=1S/C7H12ClN/c1-5-4-7(8)6(2)9(5)3/h4-6H,1-3H3. The summed E-state index contributed by atoms with van der Waals surface area (Å²) in [6.45, 7) is 4.26. The number of rotatable bonds is 0. The molecule has 0 aromatic carbocycles. The zero-order valence-corrected chi connectivity index (χ0v) is 6.81. The van der Waals surface area contributed by atoms with Gasteiger partial charge in [0.05, 0.1) is 0 Å². The molecule has 1 nitrogen and oxygen atoms in total. The molecule has 0 spiro atoms. The van der Waals surface area contributed by atoms with Crippen molar-refractivity contribution in [3.63, 3.8) is 0 Å². The average Bonchev–Trinajstić information content (AvgIpc) is 1.98. The molecular weight excluding hydrogens is 134 g/mol. The second kappa shape index (κ2) is 2.31. The van der Waals surface area contributed by atoms with Crippen LogP contribution in [0.15, 0.2) is 11.1 Å². The first-order valence-electron chi connectivity index (χ1n) is 3.22. The number of halogens is 1. The Kier molecular flexibility index (Phi) is 1.83. The Balaban J connectivity index is 2.70. The molecule has 0 radical (unpaired) electrons. The normalized spacial score (nSPS) is 37.1. The minimum Gasteiger partial charge on any atom is -0.293 e. The lowest BCUT2D eigenvalue weighted by Crippen LogP contribution is -2.29. The van der Waals surface area contributed by atoms with E-state index in [0.717, 1.165) is 5.03 Å². The molecule has 52 valence electrons. The fourth-order valence-corrected chi connectivity index (χ4v) is 1.37. The predicted molar refractivity (Wildman–Crippen MR) is 40.6 cm³/mol. The van der Waals surface area contributed by atoms with Crippen LogP contribution in [-0.4, -0.2) is 24.0 Å². The van der Waals surface area contributed by atoms with Gasteiger partial charge in [-0.25, -0.2) is 0 Å². The van der Waals surface area contributed by atoms with Gasteiger partial charge in [-0.3, -0.25) is 4.90 Å². The summed E-state index contributed by atoms with van der Waals surface area (Å²) in [5, 5.41) is 0.977. The smallest absolute Gasteiger partial charge is 0.0427 e. The highest BCUT2D eigenvalue weighted by Gasteiger charge is 2.23. The monoisotopic (exact) mass is 145 g/mol. The molecule has 0 aromatic rings. The molecule has 2 unspecified atom stereocenters. The molecule has 1 aliphatic rings. The molecule has 0 saturated heterocycles. The van der Waals surface area contributed by atoms with Crippen molar-refractivity contribution in [3.05, 3.63) is 11.1 Å². The third-order valence-electron chi connectivity index (χ3n) is 2.05. The van der Waals surface area contributed by atoms with Crippen molar-refractivity contribution in [2.24, 2.45) is 0 Å².